The number of benzene rings is 2. The normalized spacial score (nSPS) is 11.2. The molecule has 0 aliphatic rings. The Morgan fingerprint density at radius 2 is 1.31 bits per heavy atom. The maximum Gasteiger partial charge on any atom is 0.0595 e. The number of halogens is 5. The molecule has 146 valence electrons. The molecule has 3 N–H and O–H groups in total. The van der Waals surface area contributed by atoms with E-state index in [-0.39, 0.29) is 25.1 Å². The van der Waals surface area contributed by atoms with E-state index in [1.165, 1.54) is 5.56 Å². The Labute approximate surface area is 182 Å². The highest BCUT2D eigenvalue weighted by atomic mass is 35.5. The van der Waals surface area contributed by atoms with Gasteiger partial charge in [0.1, 0.15) is 0 Å². The molecule has 0 saturated carbocycles. The molecule has 0 aliphatic heterocycles. The van der Waals surface area contributed by atoms with Gasteiger partial charge >= 0.3 is 0 Å². The number of hydrogen-bond donors (Lipinski definition) is 2. The monoisotopic (exact) mass is 457 g/mol. The second kappa shape index (κ2) is 13.9. The lowest BCUT2D eigenvalue weighted by atomic mass is 10.1. The first kappa shape index (κ1) is 25.8. The summed E-state index contributed by atoms with van der Waals surface area (Å²) < 4.78 is 0. The Morgan fingerprint density at radius 3 is 1.69 bits per heavy atom. The van der Waals surface area contributed by atoms with Gasteiger partial charge in [0, 0.05) is 12.6 Å². The molecule has 0 amide bonds. The molecule has 0 radical (unpaired) electrons. The molecule has 0 fully saturated rings. The van der Waals surface area contributed by atoms with Gasteiger partial charge in [-0.1, -0.05) is 58.5 Å². The SMILES string of the molecule is CC(N)CCc1ccc(Cl)c(Cl)c1.Cl.OCCCc1ccc(Cl)c(Cl)c1. The Balaban J connectivity index is 0.000000464. The third kappa shape index (κ3) is 10.2. The van der Waals surface area contributed by atoms with Gasteiger partial charge in [0.2, 0.25) is 0 Å². The fourth-order valence-corrected chi connectivity index (χ4v) is 2.71. The highest BCUT2D eigenvalue weighted by Crippen LogP contribution is 2.24. The third-order valence-electron chi connectivity index (χ3n) is 3.48. The highest BCUT2D eigenvalue weighted by Gasteiger charge is 2.01. The van der Waals surface area contributed by atoms with Crippen LogP contribution in [0.15, 0.2) is 36.4 Å². The fourth-order valence-electron chi connectivity index (χ4n) is 2.07. The van der Waals surface area contributed by atoms with Crippen LogP contribution in [0.4, 0.5) is 0 Å². The van der Waals surface area contributed by atoms with Gasteiger partial charge < -0.3 is 10.8 Å². The van der Waals surface area contributed by atoms with E-state index in [0.29, 0.717) is 20.1 Å². The number of aliphatic hydroxyl groups excluding tert-OH is 1. The molecule has 7 heteroatoms. The molecule has 0 aliphatic carbocycles. The van der Waals surface area contributed by atoms with Crippen molar-refractivity contribution < 1.29 is 5.11 Å². The summed E-state index contributed by atoms with van der Waals surface area (Å²) in [5, 5.41) is 11.0. The zero-order valence-corrected chi connectivity index (χ0v) is 18.4. The lowest BCUT2D eigenvalue weighted by Crippen LogP contribution is -2.15. The predicted molar refractivity (Wildman–Crippen MR) is 118 cm³/mol. The smallest absolute Gasteiger partial charge is 0.0595 e. The first-order valence-corrected chi connectivity index (χ1v) is 9.59. The summed E-state index contributed by atoms with van der Waals surface area (Å²) in [5.74, 6) is 0. The zero-order chi connectivity index (χ0) is 18.8. The maximum absolute atomic E-state index is 8.59. The second-order valence-corrected chi connectivity index (χ2v) is 7.47. The van der Waals surface area contributed by atoms with E-state index < -0.39 is 0 Å². The molecule has 2 nitrogen and oxygen atoms in total. The lowest BCUT2D eigenvalue weighted by Gasteiger charge is -2.05. The molecule has 2 aromatic carbocycles. The Kier molecular flexibility index (Phi) is 13.8. The van der Waals surface area contributed by atoms with Crippen LogP contribution in [0.5, 0.6) is 0 Å². The van der Waals surface area contributed by atoms with Gasteiger partial charge in [-0.25, -0.2) is 0 Å². The zero-order valence-electron chi connectivity index (χ0n) is 14.5. The van der Waals surface area contributed by atoms with Crippen LogP contribution >= 0.6 is 58.8 Å². The Hall–Kier alpha value is -0.190. The van der Waals surface area contributed by atoms with Crippen LogP contribution in [0.2, 0.25) is 20.1 Å². The van der Waals surface area contributed by atoms with Crippen molar-refractivity contribution in [2.45, 2.75) is 38.6 Å². The molecule has 0 heterocycles. The molecule has 2 aromatic rings. The molecule has 2 rings (SSSR count). The topological polar surface area (TPSA) is 46.2 Å². The van der Waals surface area contributed by atoms with Crippen molar-refractivity contribution in [2.75, 3.05) is 6.61 Å². The second-order valence-electron chi connectivity index (χ2n) is 5.84. The predicted octanol–water partition coefficient (Wildman–Crippen LogP) is 6.61. The maximum atomic E-state index is 8.59. The van der Waals surface area contributed by atoms with Gasteiger partial charge in [0.25, 0.3) is 0 Å². The quantitative estimate of drug-likeness (QED) is 0.510. The van der Waals surface area contributed by atoms with E-state index in [2.05, 4.69) is 0 Å². The average Bonchev–Trinajstić information content (AvgIpc) is 2.57. The summed E-state index contributed by atoms with van der Waals surface area (Å²) in [4.78, 5) is 0. The van der Waals surface area contributed by atoms with E-state index in [9.17, 15) is 0 Å². The van der Waals surface area contributed by atoms with Crippen LogP contribution in [-0.2, 0) is 12.8 Å². The van der Waals surface area contributed by atoms with Crippen LogP contribution in [0.25, 0.3) is 0 Å². The lowest BCUT2D eigenvalue weighted by molar-refractivity contribution is 0.288. The molecule has 0 saturated heterocycles. The first-order chi connectivity index (χ1) is 11.8. The van der Waals surface area contributed by atoms with Crippen molar-refractivity contribution in [3.05, 3.63) is 67.6 Å². The fraction of sp³-hybridized carbons (Fsp3) is 0.368. The van der Waals surface area contributed by atoms with Gasteiger partial charge in [-0.15, -0.1) is 12.4 Å². The number of nitrogens with two attached hydrogens (primary N) is 1. The van der Waals surface area contributed by atoms with Crippen molar-refractivity contribution in [1.82, 2.24) is 0 Å². The summed E-state index contributed by atoms with van der Waals surface area (Å²) in [5.41, 5.74) is 7.95. The Bertz CT molecular complexity index is 664. The molecule has 0 bridgehead atoms. The van der Waals surface area contributed by atoms with Gasteiger partial charge in [-0.3, -0.25) is 0 Å². The molecule has 26 heavy (non-hydrogen) atoms. The van der Waals surface area contributed by atoms with Gasteiger partial charge in [-0.2, -0.15) is 0 Å². The van der Waals surface area contributed by atoms with Crippen molar-refractivity contribution in [3.63, 3.8) is 0 Å². The number of rotatable bonds is 6. The molecule has 0 aromatic heterocycles. The Morgan fingerprint density at radius 1 is 0.846 bits per heavy atom. The molecule has 0 spiro atoms. The molecule has 1 unspecified atom stereocenters. The molecule has 1 atom stereocenters. The summed E-state index contributed by atoms with van der Waals surface area (Å²) in [6.45, 7) is 2.21. The standard InChI is InChI=1S/C10H13Cl2N.C9H10Cl2O.ClH/c1-7(13)2-3-8-4-5-9(11)10(12)6-8;10-8-4-3-7(2-1-5-12)6-9(8)11;/h4-7H,2-3,13H2,1H3;3-4,6,12H,1-2,5H2;1H. The van der Waals surface area contributed by atoms with Crippen molar-refractivity contribution in [3.8, 4) is 0 Å². The van der Waals surface area contributed by atoms with Crippen LogP contribution in [-0.4, -0.2) is 17.8 Å². The van der Waals surface area contributed by atoms with E-state index >= 15 is 0 Å². The van der Waals surface area contributed by atoms with Crippen molar-refractivity contribution in [1.29, 1.82) is 0 Å². The number of hydrogen-bond acceptors (Lipinski definition) is 2. The van der Waals surface area contributed by atoms with E-state index in [1.807, 2.05) is 37.3 Å². The van der Waals surface area contributed by atoms with Crippen LogP contribution in [0.1, 0.15) is 30.9 Å². The average molecular weight is 460 g/mol. The number of aliphatic hydroxyl groups is 1. The summed E-state index contributed by atoms with van der Waals surface area (Å²) in [6.07, 6.45) is 3.53. The first-order valence-electron chi connectivity index (χ1n) is 8.07. The minimum Gasteiger partial charge on any atom is -0.396 e. The van der Waals surface area contributed by atoms with E-state index in [4.69, 9.17) is 57.2 Å². The summed E-state index contributed by atoms with van der Waals surface area (Å²) in [6, 6.07) is 11.5. The minimum atomic E-state index is 0. The van der Waals surface area contributed by atoms with Gasteiger partial charge in [0.05, 0.1) is 20.1 Å². The van der Waals surface area contributed by atoms with Crippen LogP contribution in [0.3, 0.4) is 0 Å². The largest absolute Gasteiger partial charge is 0.396 e. The summed E-state index contributed by atoms with van der Waals surface area (Å²) in [7, 11) is 0. The molecular weight excluding hydrogens is 435 g/mol. The van der Waals surface area contributed by atoms with Crippen LogP contribution < -0.4 is 5.73 Å². The number of aryl methyl sites for hydroxylation is 2. The summed E-state index contributed by atoms with van der Waals surface area (Å²) >= 11 is 23.2. The third-order valence-corrected chi connectivity index (χ3v) is 4.96. The van der Waals surface area contributed by atoms with Gasteiger partial charge in [0.15, 0.2) is 0 Å². The van der Waals surface area contributed by atoms with E-state index in [1.54, 1.807) is 6.07 Å². The van der Waals surface area contributed by atoms with Crippen LogP contribution in [0, 0.1) is 0 Å². The minimum absolute atomic E-state index is 0. The van der Waals surface area contributed by atoms with Crippen molar-refractivity contribution >= 4 is 58.8 Å². The van der Waals surface area contributed by atoms with Gasteiger partial charge in [-0.05, 0) is 68.0 Å². The van der Waals surface area contributed by atoms with Crippen molar-refractivity contribution in [2.24, 2.45) is 5.73 Å². The highest BCUT2D eigenvalue weighted by molar-refractivity contribution is 6.42. The van der Waals surface area contributed by atoms with E-state index in [0.717, 1.165) is 31.2 Å². The molecular formula is C19H24Cl5NO.